The normalized spacial score (nSPS) is 10.7. The summed E-state index contributed by atoms with van der Waals surface area (Å²) in [4.78, 5) is 0. The number of nitriles is 2. The van der Waals surface area contributed by atoms with Crippen LogP contribution in [0.3, 0.4) is 0 Å². The zero-order valence-corrected chi connectivity index (χ0v) is 8.07. The lowest BCUT2D eigenvalue weighted by Gasteiger charge is -2.05. The third-order valence-corrected chi connectivity index (χ3v) is 2.03. The first kappa shape index (κ1) is 10.3. The van der Waals surface area contributed by atoms with E-state index in [1.165, 1.54) is 5.54 Å². The first-order valence-corrected chi connectivity index (χ1v) is 4.42. The van der Waals surface area contributed by atoms with Gasteiger partial charge in [-0.25, -0.2) is 0 Å². The monoisotopic (exact) mass is 202 g/mol. The third-order valence-electron chi connectivity index (χ3n) is 1.79. The van der Waals surface area contributed by atoms with Crippen LogP contribution in [0.4, 0.5) is 0 Å². The highest BCUT2D eigenvalue weighted by Gasteiger charge is 2.13. The molecule has 0 aliphatic heterocycles. The lowest BCUT2D eigenvalue weighted by Crippen LogP contribution is -1.96. The van der Waals surface area contributed by atoms with Gasteiger partial charge in [0.1, 0.15) is 0 Å². The molecular weight excluding hydrogens is 196 g/mol. The fraction of sp³-hybridized carbons (Fsp3) is 0.0909. The average molecular weight is 203 g/mol. The molecule has 0 aliphatic rings. The fourth-order valence-electron chi connectivity index (χ4n) is 1.09. The molecule has 0 radical (unpaired) electrons. The van der Waals surface area contributed by atoms with Gasteiger partial charge in [0.2, 0.25) is 0 Å². The largest absolute Gasteiger partial charge is 0.196 e. The summed E-state index contributed by atoms with van der Waals surface area (Å²) in [5.74, 6) is -0.810. The molecule has 1 aromatic rings. The molecule has 3 heteroatoms. The van der Waals surface area contributed by atoms with Crippen molar-refractivity contribution in [3.8, 4) is 12.1 Å². The van der Waals surface area contributed by atoms with E-state index in [1.807, 2.05) is 42.5 Å². The van der Waals surface area contributed by atoms with Gasteiger partial charge in [0.15, 0.2) is 5.92 Å². The molecule has 0 saturated carbocycles. The Morgan fingerprint density at radius 3 is 2.21 bits per heavy atom. The van der Waals surface area contributed by atoms with Crippen molar-refractivity contribution in [1.29, 1.82) is 10.5 Å². The molecule has 14 heavy (non-hydrogen) atoms. The van der Waals surface area contributed by atoms with Gasteiger partial charge in [-0.3, -0.25) is 0 Å². The van der Waals surface area contributed by atoms with Crippen molar-refractivity contribution in [2.45, 2.75) is 0 Å². The number of halogens is 1. The first-order valence-electron chi connectivity index (χ1n) is 3.98. The summed E-state index contributed by atoms with van der Waals surface area (Å²) in [7, 11) is 0. The second-order valence-corrected chi connectivity index (χ2v) is 2.84. The van der Waals surface area contributed by atoms with Crippen LogP contribution < -0.4 is 0 Å². The highest BCUT2D eigenvalue weighted by atomic mass is 35.5. The number of allylic oxidation sites excluding steroid dienone is 1. The second-order valence-electron chi connectivity index (χ2n) is 2.62. The van der Waals surface area contributed by atoms with E-state index < -0.39 is 5.92 Å². The van der Waals surface area contributed by atoms with E-state index in [0.29, 0.717) is 5.57 Å². The molecule has 0 unspecified atom stereocenters. The van der Waals surface area contributed by atoms with Crippen LogP contribution in [0.15, 0.2) is 35.9 Å². The Bertz CT molecular complexity index is 395. The van der Waals surface area contributed by atoms with Crippen LogP contribution in [-0.4, -0.2) is 0 Å². The maximum Gasteiger partial charge on any atom is 0.159 e. The van der Waals surface area contributed by atoms with Crippen LogP contribution in [0, 0.1) is 28.6 Å². The summed E-state index contributed by atoms with van der Waals surface area (Å²) in [5.41, 5.74) is 2.62. The van der Waals surface area contributed by atoms with Gasteiger partial charge in [0.05, 0.1) is 12.1 Å². The third kappa shape index (κ3) is 2.13. The SMILES string of the molecule is N#CC(C#N)C(=CCl)c1ccccc1. The van der Waals surface area contributed by atoms with E-state index in [2.05, 4.69) is 0 Å². The molecule has 0 aromatic heterocycles. The van der Waals surface area contributed by atoms with Crippen LogP contribution in [0.5, 0.6) is 0 Å². The van der Waals surface area contributed by atoms with Crippen molar-refractivity contribution in [3.63, 3.8) is 0 Å². The van der Waals surface area contributed by atoms with Crippen molar-refractivity contribution in [2.75, 3.05) is 0 Å². The molecule has 0 fully saturated rings. The lowest BCUT2D eigenvalue weighted by molar-refractivity contribution is 1.11. The topological polar surface area (TPSA) is 47.6 Å². The van der Waals surface area contributed by atoms with E-state index >= 15 is 0 Å². The van der Waals surface area contributed by atoms with Crippen molar-refractivity contribution in [1.82, 2.24) is 0 Å². The predicted molar refractivity (Wildman–Crippen MR) is 55.0 cm³/mol. The molecule has 1 aromatic carbocycles. The lowest BCUT2D eigenvalue weighted by atomic mass is 9.96. The average Bonchev–Trinajstić information content (AvgIpc) is 2.27. The van der Waals surface area contributed by atoms with Gasteiger partial charge in [-0.1, -0.05) is 41.9 Å². The number of nitrogens with zero attached hydrogens (tertiary/aromatic N) is 2. The highest BCUT2D eigenvalue weighted by molar-refractivity contribution is 6.28. The molecule has 0 heterocycles. The van der Waals surface area contributed by atoms with E-state index in [0.717, 1.165) is 5.56 Å². The van der Waals surface area contributed by atoms with Gasteiger partial charge >= 0.3 is 0 Å². The van der Waals surface area contributed by atoms with E-state index in [9.17, 15) is 0 Å². The summed E-state index contributed by atoms with van der Waals surface area (Å²) >= 11 is 5.59. The molecule has 2 nitrogen and oxygen atoms in total. The quantitative estimate of drug-likeness (QED) is 0.740. The van der Waals surface area contributed by atoms with Crippen LogP contribution in [0.2, 0.25) is 0 Å². The molecule has 0 bridgehead atoms. The smallest absolute Gasteiger partial charge is 0.159 e. The Morgan fingerprint density at radius 2 is 1.79 bits per heavy atom. The van der Waals surface area contributed by atoms with Gasteiger partial charge < -0.3 is 0 Å². The Hall–Kier alpha value is -1.77. The molecule has 68 valence electrons. The molecule has 0 saturated heterocycles. The van der Waals surface area contributed by atoms with Gasteiger partial charge in [-0.2, -0.15) is 10.5 Å². The van der Waals surface area contributed by atoms with Gasteiger partial charge in [-0.05, 0) is 5.56 Å². The second kappa shape index (κ2) is 5.07. The summed E-state index contributed by atoms with van der Waals surface area (Å²) in [6.07, 6.45) is 0. The number of benzene rings is 1. The number of rotatable bonds is 2. The van der Waals surface area contributed by atoms with E-state index in [1.54, 1.807) is 0 Å². The fourth-order valence-corrected chi connectivity index (χ4v) is 1.34. The molecule has 0 spiro atoms. The van der Waals surface area contributed by atoms with Gasteiger partial charge in [0, 0.05) is 11.1 Å². The summed E-state index contributed by atoms with van der Waals surface area (Å²) in [6, 6.07) is 12.9. The van der Waals surface area contributed by atoms with Gasteiger partial charge in [0.25, 0.3) is 0 Å². The zero-order chi connectivity index (χ0) is 10.4. The van der Waals surface area contributed by atoms with Crippen LogP contribution >= 0.6 is 11.6 Å². The highest BCUT2D eigenvalue weighted by Crippen LogP contribution is 2.23. The molecule has 1 rings (SSSR count). The Balaban J connectivity index is 3.09. The molecule has 0 amide bonds. The van der Waals surface area contributed by atoms with Gasteiger partial charge in [-0.15, -0.1) is 0 Å². The minimum Gasteiger partial charge on any atom is -0.196 e. The summed E-state index contributed by atoms with van der Waals surface area (Å²) in [6.45, 7) is 0. The summed E-state index contributed by atoms with van der Waals surface area (Å²) < 4.78 is 0. The maximum absolute atomic E-state index is 8.72. The number of hydrogen-bond donors (Lipinski definition) is 0. The van der Waals surface area contributed by atoms with Crippen LogP contribution in [-0.2, 0) is 0 Å². The van der Waals surface area contributed by atoms with Crippen molar-refractivity contribution in [2.24, 2.45) is 5.92 Å². The first-order chi connectivity index (χ1) is 6.83. The standard InChI is InChI=1S/C11H7ClN2/c12-6-11(10(7-13)8-14)9-4-2-1-3-5-9/h1-6,10H. The Kier molecular flexibility index (Phi) is 3.73. The minimum atomic E-state index is -0.810. The minimum absolute atomic E-state index is 0.539. The molecular formula is C11H7ClN2. The van der Waals surface area contributed by atoms with Crippen LogP contribution in [0.25, 0.3) is 5.57 Å². The van der Waals surface area contributed by atoms with E-state index in [-0.39, 0.29) is 0 Å². The molecule has 0 aliphatic carbocycles. The molecule has 0 atom stereocenters. The maximum atomic E-state index is 8.72. The number of hydrogen-bond acceptors (Lipinski definition) is 2. The zero-order valence-electron chi connectivity index (χ0n) is 7.31. The van der Waals surface area contributed by atoms with E-state index in [4.69, 9.17) is 22.1 Å². The molecule has 0 N–H and O–H groups in total. The van der Waals surface area contributed by atoms with Crippen molar-refractivity contribution >= 4 is 17.2 Å². The van der Waals surface area contributed by atoms with Crippen molar-refractivity contribution in [3.05, 3.63) is 41.4 Å². The predicted octanol–water partition coefficient (Wildman–Crippen LogP) is 2.93. The van der Waals surface area contributed by atoms with Crippen molar-refractivity contribution < 1.29 is 0 Å². The summed E-state index contributed by atoms with van der Waals surface area (Å²) in [5, 5.41) is 17.4. The van der Waals surface area contributed by atoms with Crippen LogP contribution in [0.1, 0.15) is 5.56 Å². The Labute approximate surface area is 87.7 Å². The Morgan fingerprint density at radius 1 is 1.21 bits per heavy atom.